The summed E-state index contributed by atoms with van der Waals surface area (Å²) in [7, 11) is 6.96. The van der Waals surface area contributed by atoms with Gasteiger partial charge in [-0.3, -0.25) is 0 Å². The Bertz CT molecular complexity index is 1310. The first-order valence-corrected chi connectivity index (χ1v) is 22.9. The van der Waals surface area contributed by atoms with Crippen LogP contribution in [-0.2, 0) is 10.3 Å². The maximum Gasteiger partial charge on any atom is 0.0543 e. The third kappa shape index (κ3) is 8.34. The molecule has 0 amide bonds. The second-order valence-electron chi connectivity index (χ2n) is 18.0. The van der Waals surface area contributed by atoms with Crippen LogP contribution in [-0.4, -0.2) is 44.8 Å². The van der Waals surface area contributed by atoms with Crippen molar-refractivity contribution in [2.75, 3.05) is 5.32 Å². The average molecular weight is 766 g/mol. The van der Waals surface area contributed by atoms with Gasteiger partial charge in [-0.05, 0) is 148 Å². The Morgan fingerprint density at radius 2 is 0.755 bits per heavy atom. The summed E-state index contributed by atoms with van der Waals surface area (Å²) in [5.74, 6) is 3.31. The molecule has 296 valence electrons. The number of hydrogen-bond acceptors (Lipinski definition) is 5. The molecule has 0 spiro atoms. The molecule has 2 aromatic rings. The molecule has 0 heterocycles. The van der Waals surface area contributed by atoms with Crippen LogP contribution in [0.2, 0.25) is 0 Å². The summed E-state index contributed by atoms with van der Waals surface area (Å²) in [5.41, 5.74) is 5.00. The van der Waals surface area contributed by atoms with Crippen LogP contribution in [0.5, 0.6) is 0 Å². The van der Waals surface area contributed by atoms with Crippen LogP contribution in [0, 0.1) is 47.3 Å². The molecule has 0 saturated heterocycles. The van der Waals surface area contributed by atoms with Crippen molar-refractivity contribution in [1.29, 1.82) is 0 Å². The lowest BCUT2D eigenvalue weighted by molar-refractivity contribution is 0.114. The zero-order valence-corrected chi connectivity index (χ0v) is 35.6. The number of aliphatic hydroxyl groups excluding tert-OH is 4. The van der Waals surface area contributed by atoms with E-state index in [0.29, 0.717) is 47.3 Å². The van der Waals surface area contributed by atoms with Gasteiger partial charge >= 0.3 is 0 Å². The zero-order valence-electron chi connectivity index (χ0n) is 33.3. The van der Waals surface area contributed by atoms with Crippen LogP contribution in [0.25, 0.3) is 0 Å². The summed E-state index contributed by atoms with van der Waals surface area (Å²) in [6, 6.07) is 18.1. The summed E-state index contributed by atoms with van der Waals surface area (Å²) >= 11 is 0. The first-order valence-electron chi connectivity index (χ1n) is 21.7. The lowest BCUT2D eigenvalue weighted by Crippen LogP contribution is -2.44. The van der Waals surface area contributed by atoms with Gasteiger partial charge in [0.1, 0.15) is 0 Å². The molecule has 5 N–H and O–H groups in total. The van der Waals surface area contributed by atoms with Crippen molar-refractivity contribution in [3.8, 4) is 0 Å². The Balaban J connectivity index is 1.48. The molecular weight excluding hydrogens is 692 g/mol. The molecular formula is C46H73NO4P2. The summed E-state index contributed by atoms with van der Waals surface area (Å²) in [4.78, 5) is 0. The van der Waals surface area contributed by atoms with Gasteiger partial charge in [0, 0.05) is 21.7 Å². The SMILES string of the molecule is CCC(C1CCC(O)C1)C(P)(c1ccccc1Nc1ccccc1C(P)(C(CC)C1CCC(O)C1)C(CC)C1CCC(O)C1)C(CC)C1CCC(O)C1. The lowest BCUT2D eigenvalue weighted by atomic mass is 9.63. The van der Waals surface area contributed by atoms with Crippen molar-refractivity contribution in [2.45, 2.75) is 165 Å². The van der Waals surface area contributed by atoms with Crippen molar-refractivity contribution in [3.05, 3.63) is 59.7 Å². The smallest absolute Gasteiger partial charge is 0.0543 e. The van der Waals surface area contributed by atoms with Gasteiger partial charge in [-0.25, -0.2) is 0 Å². The van der Waals surface area contributed by atoms with E-state index in [1.165, 1.54) is 11.1 Å². The first-order chi connectivity index (χ1) is 25.5. The second-order valence-corrected chi connectivity index (χ2v) is 20.0. The van der Waals surface area contributed by atoms with Crippen molar-refractivity contribution in [3.63, 3.8) is 0 Å². The highest BCUT2D eigenvalue weighted by molar-refractivity contribution is 7.18. The quantitative estimate of drug-likeness (QED) is 0.110. The largest absolute Gasteiger partial charge is 0.393 e. The molecule has 2 aromatic carbocycles. The highest BCUT2D eigenvalue weighted by atomic mass is 31.0. The Kier molecular flexibility index (Phi) is 14.1. The molecule has 4 saturated carbocycles. The molecule has 0 radical (unpaired) electrons. The molecule has 0 bridgehead atoms. The van der Waals surface area contributed by atoms with Gasteiger partial charge < -0.3 is 25.7 Å². The predicted molar refractivity (Wildman–Crippen MR) is 227 cm³/mol. The molecule has 7 heteroatoms. The molecule has 4 fully saturated rings. The third-order valence-corrected chi connectivity index (χ3v) is 17.7. The topological polar surface area (TPSA) is 93.0 Å². The fourth-order valence-corrected chi connectivity index (χ4v) is 15.6. The van der Waals surface area contributed by atoms with Gasteiger partial charge in [0.2, 0.25) is 0 Å². The third-order valence-electron chi connectivity index (χ3n) is 15.3. The number of aliphatic hydroxyl groups is 4. The number of hydrogen-bond donors (Lipinski definition) is 5. The molecule has 6 rings (SSSR count). The fraction of sp³-hybridized carbons (Fsp3) is 0.739. The van der Waals surface area contributed by atoms with Crippen molar-refractivity contribution in [2.24, 2.45) is 47.3 Å². The standard InChI is InChI=1S/C46H73NO4P2/c1-5-37(29-17-21-33(48)25-29)45(52,38(6-2)30-18-22-34(49)26-30)41-13-9-11-15-43(41)47-44-16-12-10-14-42(44)46(53,39(7-3)31-19-23-35(50)27-31)40(8-4)32-20-24-36(51)28-32/h9-16,29-40,47-51H,5-8,17-28,52-53H2,1-4H3. The monoisotopic (exact) mass is 766 g/mol. The van der Waals surface area contributed by atoms with Crippen LogP contribution in [0.15, 0.2) is 48.5 Å². The van der Waals surface area contributed by atoms with Crippen LogP contribution < -0.4 is 5.32 Å². The van der Waals surface area contributed by atoms with E-state index in [1.54, 1.807) is 0 Å². The number of benzene rings is 2. The molecule has 14 atom stereocenters. The Morgan fingerprint density at radius 1 is 0.491 bits per heavy atom. The highest BCUT2D eigenvalue weighted by Gasteiger charge is 2.52. The zero-order chi connectivity index (χ0) is 37.9. The molecule has 5 nitrogen and oxygen atoms in total. The summed E-state index contributed by atoms with van der Waals surface area (Å²) in [6.45, 7) is 9.42. The van der Waals surface area contributed by atoms with Gasteiger partial charge in [-0.1, -0.05) is 89.8 Å². The van der Waals surface area contributed by atoms with E-state index in [9.17, 15) is 20.4 Å². The maximum absolute atomic E-state index is 10.8. The minimum Gasteiger partial charge on any atom is -0.393 e. The van der Waals surface area contributed by atoms with Crippen LogP contribution >= 0.6 is 18.5 Å². The summed E-state index contributed by atoms with van der Waals surface area (Å²) < 4.78 is 0. The summed E-state index contributed by atoms with van der Waals surface area (Å²) in [6.07, 6.45) is 14.6. The second kappa shape index (κ2) is 18.0. The van der Waals surface area contributed by atoms with Crippen LogP contribution in [0.4, 0.5) is 11.4 Å². The van der Waals surface area contributed by atoms with Gasteiger partial charge in [-0.15, -0.1) is 18.5 Å². The minimum atomic E-state index is -0.235. The number of nitrogens with one attached hydrogen (secondary N) is 1. The van der Waals surface area contributed by atoms with Crippen molar-refractivity contribution >= 4 is 29.9 Å². The van der Waals surface area contributed by atoms with E-state index in [0.717, 1.165) is 114 Å². The van der Waals surface area contributed by atoms with Gasteiger partial charge in [0.05, 0.1) is 24.4 Å². The molecule has 53 heavy (non-hydrogen) atoms. The van der Waals surface area contributed by atoms with Gasteiger partial charge in [0.15, 0.2) is 0 Å². The minimum absolute atomic E-state index is 0.216. The Hall–Kier alpha value is -1.06. The average Bonchev–Trinajstić information content (AvgIpc) is 3.97. The number of rotatable bonds is 16. The molecule has 4 aliphatic rings. The van der Waals surface area contributed by atoms with E-state index in [4.69, 9.17) is 0 Å². The van der Waals surface area contributed by atoms with Gasteiger partial charge in [0.25, 0.3) is 0 Å². The fourth-order valence-electron chi connectivity index (χ4n) is 13.1. The van der Waals surface area contributed by atoms with E-state index < -0.39 is 0 Å². The van der Waals surface area contributed by atoms with Crippen molar-refractivity contribution in [1.82, 2.24) is 0 Å². The normalized spacial score (nSPS) is 33.6. The van der Waals surface area contributed by atoms with Crippen LogP contribution in [0.3, 0.4) is 0 Å². The van der Waals surface area contributed by atoms with E-state index in [-0.39, 0.29) is 34.7 Å². The van der Waals surface area contributed by atoms with Gasteiger partial charge in [-0.2, -0.15) is 0 Å². The highest BCUT2D eigenvalue weighted by Crippen LogP contribution is 2.61. The molecule has 14 unspecified atom stereocenters. The lowest BCUT2D eigenvalue weighted by Gasteiger charge is -2.50. The number of anilines is 2. The molecule has 4 aliphatic carbocycles. The first kappa shape index (κ1) is 41.6. The summed E-state index contributed by atoms with van der Waals surface area (Å²) in [5, 5.41) is 46.9. The van der Waals surface area contributed by atoms with Crippen LogP contribution in [0.1, 0.15) is 142 Å². The maximum atomic E-state index is 10.8. The van der Waals surface area contributed by atoms with E-state index in [2.05, 4.69) is 100 Å². The molecule has 0 aliphatic heterocycles. The molecule has 0 aromatic heterocycles. The number of para-hydroxylation sites is 2. The Morgan fingerprint density at radius 3 is 0.981 bits per heavy atom. The Labute approximate surface area is 326 Å². The van der Waals surface area contributed by atoms with Crippen molar-refractivity contribution < 1.29 is 20.4 Å². The van der Waals surface area contributed by atoms with E-state index >= 15 is 0 Å². The predicted octanol–water partition coefficient (Wildman–Crippen LogP) is 10.3. The van der Waals surface area contributed by atoms with E-state index in [1.807, 2.05) is 0 Å².